The van der Waals surface area contributed by atoms with E-state index >= 15 is 0 Å². The minimum Gasteiger partial charge on any atom is -0.487 e. The molecule has 1 aromatic heterocycles. The van der Waals surface area contributed by atoms with Crippen molar-refractivity contribution in [2.45, 2.75) is 51.3 Å². The standard InChI is InChI=1S/C39H45BrClN7O4/c1-39(25-49,26-50)47-23-31-17-35(41)37(18-29(31)11-10-27-16-28(19-42)22-45-21-27)52-24-30-6-4-8-33(38(30)40)32-7-5-9-36(34(32)20-43)46-13-3-2-12-44-14-15-48-51/h4-9,16-18,20-22,43-44,46-47,49-50H,2-3,10-15,23-26H2,1H3. The Kier molecular flexibility index (Phi) is 16.2. The molecular formula is C39H45BrClN7O4. The Balaban J connectivity index is 1.52. The summed E-state index contributed by atoms with van der Waals surface area (Å²) in [4.78, 5) is 14.4. The van der Waals surface area contributed by atoms with Crippen LogP contribution in [0.25, 0.3) is 11.1 Å². The van der Waals surface area contributed by atoms with E-state index in [-0.39, 0.29) is 26.4 Å². The zero-order chi connectivity index (χ0) is 37.3. The molecule has 0 unspecified atom stereocenters. The third-order valence-corrected chi connectivity index (χ3v) is 9.97. The van der Waals surface area contributed by atoms with Gasteiger partial charge < -0.3 is 36.3 Å². The molecular weight excluding hydrogens is 746 g/mol. The van der Waals surface area contributed by atoms with Crippen molar-refractivity contribution in [3.05, 3.63) is 115 Å². The molecule has 13 heteroatoms. The number of pyridine rings is 1. The molecule has 4 rings (SSSR count). The lowest BCUT2D eigenvalue weighted by atomic mass is 9.97. The van der Waals surface area contributed by atoms with E-state index in [1.807, 2.05) is 54.6 Å². The average Bonchev–Trinajstić information content (AvgIpc) is 3.17. The Labute approximate surface area is 318 Å². The fourth-order valence-electron chi connectivity index (χ4n) is 5.59. The number of hydrogen-bond acceptors (Lipinski definition) is 11. The number of nitrogens with zero attached hydrogens (tertiary/aromatic N) is 3. The molecule has 0 atom stereocenters. The fourth-order valence-corrected chi connectivity index (χ4v) is 6.42. The van der Waals surface area contributed by atoms with Gasteiger partial charge in [-0.25, -0.2) is 0 Å². The van der Waals surface area contributed by atoms with Gasteiger partial charge in [-0.3, -0.25) is 4.98 Å². The molecule has 0 bridgehead atoms. The first kappa shape index (κ1) is 40.5. The predicted molar refractivity (Wildman–Crippen MR) is 210 cm³/mol. The van der Waals surface area contributed by atoms with Crippen LogP contribution in [-0.2, 0) is 26.0 Å². The Morgan fingerprint density at radius 2 is 1.79 bits per heavy atom. The van der Waals surface area contributed by atoms with Gasteiger partial charge in [-0.1, -0.05) is 47.1 Å². The second-order valence-corrected chi connectivity index (χ2v) is 13.9. The van der Waals surface area contributed by atoms with Gasteiger partial charge in [0.1, 0.15) is 18.4 Å². The molecule has 0 amide bonds. The lowest BCUT2D eigenvalue weighted by Gasteiger charge is -2.27. The molecule has 0 saturated heterocycles. The molecule has 52 heavy (non-hydrogen) atoms. The number of aryl methyl sites for hydroxylation is 2. The quantitative estimate of drug-likeness (QED) is 0.0285. The number of nitrogens with one attached hydrogen (secondary N) is 4. The summed E-state index contributed by atoms with van der Waals surface area (Å²) in [5.74, 6) is 0.510. The van der Waals surface area contributed by atoms with Crippen LogP contribution in [0.15, 0.2) is 76.6 Å². The normalized spacial score (nSPS) is 11.2. The van der Waals surface area contributed by atoms with E-state index in [9.17, 15) is 20.4 Å². The van der Waals surface area contributed by atoms with E-state index in [0.717, 1.165) is 75.0 Å². The molecule has 0 radical (unpaired) electrons. The van der Waals surface area contributed by atoms with E-state index in [4.69, 9.17) is 21.7 Å². The third kappa shape index (κ3) is 11.4. The van der Waals surface area contributed by atoms with E-state index in [1.165, 1.54) is 12.4 Å². The first-order valence-electron chi connectivity index (χ1n) is 17.2. The Hall–Kier alpha value is -4.22. The molecule has 11 nitrogen and oxygen atoms in total. The Morgan fingerprint density at radius 1 is 1.02 bits per heavy atom. The fraction of sp³-hybridized carbons (Fsp3) is 0.359. The summed E-state index contributed by atoms with van der Waals surface area (Å²) in [6.07, 6.45) is 7.77. The van der Waals surface area contributed by atoms with Gasteiger partial charge in [0.15, 0.2) is 0 Å². The number of rotatable bonds is 22. The van der Waals surface area contributed by atoms with Crippen LogP contribution in [0.2, 0.25) is 5.02 Å². The summed E-state index contributed by atoms with van der Waals surface area (Å²) >= 11 is 10.6. The summed E-state index contributed by atoms with van der Waals surface area (Å²) < 4.78 is 7.20. The van der Waals surface area contributed by atoms with Crippen LogP contribution in [0.5, 0.6) is 5.75 Å². The first-order chi connectivity index (χ1) is 25.2. The van der Waals surface area contributed by atoms with Crippen LogP contribution < -0.4 is 20.7 Å². The summed E-state index contributed by atoms with van der Waals surface area (Å²) in [6, 6.07) is 19.6. The number of anilines is 1. The maximum absolute atomic E-state index is 10.2. The number of aliphatic hydroxyl groups is 2. The zero-order valence-corrected chi connectivity index (χ0v) is 31.6. The van der Waals surface area contributed by atoms with Crippen molar-refractivity contribution in [3.8, 4) is 22.9 Å². The summed E-state index contributed by atoms with van der Waals surface area (Å²) in [5, 5.41) is 50.4. The summed E-state index contributed by atoms with van der Waals surface area (Å²) in [6.45, 7) is 4.27. The van der Waals surface area contributed by atoms with Gasteiger partial charge in [-0.15, -0.1) is 0 Å². The minimum atomic E-state index is -0.872. The van der Waals surface area contributed by atoms with Gasteiger partial charge in [-0.2, -0.15) is 10.2 Å². The number of hydrogen-bond donors (Lipinski definition) is 6. The topological polar surface area (TPSA) is 176 Å². The number of benzene rings is 3. The molecule has 0 saturated carbocycles. The number of unbranched alkanes of at least 4 members (excludes halogenated alkanes) is 1. The maximum Gasteiger partial charge on any atom is 0.138 e. The maximum atomic E-state index is 10.2. The molecule has 4 aromatic rings. The van der Waals surface area contributed by atoms with Crippen LogP contribution >= 0.6 is 27.5 Å². The summed E-state index contributed by atoms with van der Waals surface area (Å²) in [7, 11) is 0. The van der Waals surface area contributed by atoms with Crippen LogP contribution in [0.4, 0.5) is 5.69 Å². The molecule has 0 spiro atoms. The predicted octanol–water partition coefficient (Wildman–Crippen LogP) is 6.78. The second-order valence-electron chi connectivity index (χ2n) is 12.7. The van der Waals surface area contributed by atoms with Gasteiger partial charge in [0.05, 0.1) is 35.9 Å². The highest BCUT2D eigenvalue weighted by Gasteiger charge is 2.22. The molecule has 274 valence electrons. The lowest BCUT2D eigenvalue weighted by molar-refractivity contribution is 0.103. The highest BCUT2D eigenvalue weighted by molar-refractivity contribution is 9.10. The number of aromatic nitrogens is 1. The Bertz CT molecular complexity index is 1850. The van der Waals surface area contributed by atoms with Crippen LogP contribution in [0.1, 0.15) is 53.1 Å². The van der Waals surface area contributed by atoms with E-state index < -0.39 is 5.54 Å². The molecule has 0 aliphatic carbocycles. The molecule has 6 N–H and O–H groups in total. The average molecular weight is 791 g/mol. The zero-order valence-electron chi connectivity index (χ0n) is 29.2. The van der Waals surface area contributed by atoms with Crippen molar-refractivity contribution >= 4 is 39.4 Å². The lowest BCUT2D eigenvalue weighted by Crippen LogP contribution is -2.48. The van der Waals surface area contributed by atoms with Crippen molar-refractivity contribution in [2.24, 2.45) is 5.18 Å². The van der Waals surface area contributed by atoms with Crippen LogP contribution in [0, 0.1) is 21.6 Å². The SMILES string of the molecule is CC(CO)(CO)NCc1cc(Cl)c(OCc2cccc(-c3cccc(NCCCCNCCN=O)c3C=N)c2Br)cc1CCc1cncc(C#N)c1. The number of ether oxygens (including phenoxy) is 1. The highest BCUT2D eigenvalue weighted by atomic mass is 79.9. The van der Waals surface area contributed by atoms with E-state index in [1.54, 1.807) is 13.1 Å². The smallest absolute Gasteiger partial charge is 0.138 e. The van der Waals surface area contributed by atoms with Crippen LogP contribution in [0.3, 0.4) is 0 Å². The van der Waals surface area contributed by atoms with Gasteiger partial charge in [0, 0.05) is 59.5 Å². The molecule has 0 aliphatic rings. The van der Waals surface area contributed by atoms with E-state index in [0.29, 0.717) is 42.3 Å². The van der Waals surface area contributed by atoms with Crippen molar-refractivity contribution in [1.29, 1.82) is 10.7 Å². The first-order valence-corrected chi connectivity index (χ1v) is 18.3. The second kappa shape index (κ2) is 20.7. The molecule has 1 heterocycles. The number of nitriles is 1. The van der Waals surface area contributed by atoms with Crippen molar-refractivity contribution in [3.63, 3.8) is 0 Å². The van der Waals surface area contributed by atoms with Gasteiger partial charge >= 0.3 is 0 Å². The molecule has 3 aromatic carbocycles. The number of nitroso groups, excluding NO2 is 1. The number of halogens is 2. The van der Waals surface area contributed by atoms with Crippen LogP contribution in [-0.4, -0.2) is 66.3 Å². The van der Waals surface area contributed by atoms with Gasteiger partial charge in [0.2, 0.25) is 0 Å². The van der Waals surface area contributed by atoms with Crippen molar-refractivity contribution < 1.29 is 14.9 Å². The van der Waals surface area contributed by atoms with Crippen molar-refractivity contribution in [1.82, 2.24) is 15.6 Å². The Morgan fingerprint density at radius 3 is 2.54 bits per heavy atom. The highest BCUT2D eigenvalue weighted by Crippen LogP contribution is 2.37. The third-order valence-electron chi connectivity index (χ3n) is 8.74. The molecule has 0 aliphatic heterocycles. The summed E-state index contributed by atoms with van der Waals surface area (Å²) in [5.41, 5.74) is 6.79. The molecule has 0 fully saturated rings. The van der Waals surface area contributed by atoms with Gasteiger partial charge in [0.25, 0.3) is 0 Å². The monoisotopic (exact) mass is 789 g/mol. The van der Waals surface area contributed by atoms with Gasteiger partial charge in [-0.05, 0) is 107 Å². The largest absolute Gasteiger partial charge is 0.487 e. The van der Waals surface area contributed by atoms with Crippen molar-refractivity contribution in [2.75, 3.05) is 44.7 Å². The minimum absolute atomic E-state index is 0.223. The van der Waals surface area contributed by atoms with E-state index in [2.05, 4.69) is 48.1 Å². The number of aliphatic hydroxyl groups excluding tert-OH is 2.